The zero-order valence-corrected chi connectivity index (χ0v) is 17.2. The van der Waals surface area contributed by atoms with E-state index in [4.69, 9.17) is 9.47 Å². The molecule has 7 nitrogen and oxygen atoms in total. The number of aliphatic hydroxyl groups excluding tert-OH is 1. The van der Waals surface area contributed by atoms with Crippen molar-refractivity contribution in [3.05, 3.63) is 0 Å². The molecule has 2 aliphatic rings. The van der Waals surface area contributed by atoms with E-state index >= 15 is 0 Å². The van der Waals surface area contributed by atoms with Crippen LogP contribution in [0.15, 0.2) is 0 Å². The highest BCUT2D eigenvalue weighted by Crippen LogP contribution is 2.34. The molecule has 2 rings (SSSR count). The first kappa shape index (κ1) is 22.1. The molecule has 2 amide bonds. The lowest BCUT2D eigenvalue weighted by Crippen LogP contribution is -2.56. The molecule has 1 unspecified atom stereocenters. The Labute approximate surface area is 162 Å². The van der Waals surface area contributed by atoms with Crippen LogP contribution in [0.3, 0.4) is 0 Å². The highest BCUT2D eigenvalue weighted by atomic mass is 16.7. The summed E-state index contributed by atoms with van der Waals surface area (Å²) in [6.45, 7) is 8.66. The van der Waals surface area contributed by atoms with Crippen LogP contribution in [0, 0.1) is 11.3 Å². The number of amides is 2. The Bertz CT molecular complexity index is 515. The first-order valence-corrected chi connectivity index (χ1v) is 10.2. The second-order valence-corrected chi connectivity index (χ2v) is 9.02. The van der Waals surface area contributed by atoms with E-state index < -0.39 is 23.4 Å². The van der Waals surface area contributed by atoms with Gasteiger partial charge in [0.2, 0.25) is 11.8 Å². The third-order valence-electron chi connectivity index (χ3n) is 5.45. The van der Waals surface area contributed by atoms with Crippen LogP contribution in [0.1, 0.15) is 66.2 Å². The molecule has 2 atom stereocenters. The molecule has 1 heterocycles. The lowest BCUT2D eigenvalue weighted by atomic mass is 9.85. The molecule has 3 N–H and O–H groups in total. The van der Waals surface area contributed by atoms with Crippen molar-refractivity contribution < 1.29 is 24.2 Å². The molecule has 0 aromatic rings. The van der Waals surface area contributed by atoms with Crippen molar-refractivity contribution in [2.45, 2.75) is 84.2 Å². The first-order chi connectivity index (χ1) is 12.6. The van der Waals surface area contributed by atoms with Crippen molar-refractivity contribution in [1.82, 2.24) is 10.6 Å². The molecule has 27 heavy (non-hydrogen) atoms. The standard InChI is InChI=1S/C20H36N2O5/c1-19(2)13-26-20(3,4)27-16(19)18(25)21-11-10-15(23)17(24)22-12-14-8-6-5-7-9-14/h14-16,23H,5-13H2,1-4H3,(H,21,25)(H,22,24)/t15?,16-/m0/s1. The van der Waals surface area contributed by atoms with Crippen molar-refractivity contribution in [2.24, 2.45) is 11.3 Å². The van der Waals surface area contributed by atoms with E-state index in [2.05, 4.69) is 10.6 Å². The molecule has 2 fully saturated rings. The van der Waals surface area contributed by atoms with E-state index in [0.717, 1.165) is 12.8 Å². The van der Waals surface area contributed by atoms with Crippen molar-refractivity contribution in [3.8, 4) is 0 Å². The Hall–Kier alpha value is -1.18. The van der Waals surface area contributed by atoms with Crippen LogP contribution in [-0.4, -0.2) is 54.6 Å². The molecular formula is C20H36N2O5. The molecule has 7 heteroatoms. The highest BCUT2D eigenvalue weighted by Gasteiger charge is 2.45. The van der Waals surface area contributed by atoms with E-state index in [0.29, 0.717) is 19.1 Å². The van der Waals surface area contributed by atoms with Crippen molar-refractivity contribution in [2.75, 3.05) is 19.7 Å². The SMILES string of the molecule is CC1(C)OCC(C)(C)[C@H](C(=O)NCCC(O)C(=O)NCC2CCCCC2)O1. The summed E-state index contributed by atoms with van der Waals surface area (Å²) in [4.78, 5) is 24.5. The summed E-state index contributed by atoms with van der Waals surface area (Å²) in [5.41, 5.74) is -0.449. The molecule has 0 spiro atoms. The van der Waals surface area contributed by atoms with Crippen molar-refractivity contribution >= 4 is 11.8 Å². The molecule has 0 bridgehead atoms. The second-order valence-electron chi connectivity index (χ2n) is 9.02. The van der Waals surface area contributed by atoms with Crippen molar-refractivity contribution in [3.63, 3.8) is 0 Å². The fraction of sp³-hybridized carbons (Fsp3) is 0.900. The summed E-state index contributed by atoms with van der Waals surface area (Å²) in [6, 6.07) is 0. The lowest BCUT2D eigenvalue weighted by molar-refractivity contribution is -0.304. The maximum absolute atomic E-state index is 12.5. The minimum Gasteiger partial charge on any atom is -0.383 e. The number of carbonyl (C=O) groups is 2. The molecule has 1 saturated heterocycles. The van der Waals surface area contributed by atoms with Gasteiger partial charge in [-0.3, -0.25) is 9.59 Å². The van der Waals surface area contributed by atoms with Crippen molar-refractivity contribution in [1.29, 1.82) is 0 Å². The number of ether oxygens (including phenoxy) is 2. The van der Waals surface area contributed by atoms with E-state index in [1.54, 1.807) is 13.8 Å². The van der Waals surface area contributed by atoms with E-state index in [1.165, 1.54) is 19.3 Å². The van der Waals surface area contributed by atoms with E-state index in [-0.39, 0.29) is 24.8 Å². The predicted molar refractivity (Wildman–Crippen MR) is 102 cm³/mol. The molecule has 1 saturated carbocycles. The number of rotatable bonds is 7. The Morgan fingerprint density at radius 3 is 2.44 bits per heavy atom. The van der Waals surface area contributed by atoms with Crippen LogP contribution < -0.4 is 10.6 Å². The Morgan fingerprint density at radius 1 is 1.11 bits per heavy atom. The van der Waals surface area contributed by atoms with Gasteiger partial charge in [0.1, 0.15) is 12.2 Å². The molecule has 0 aromatic heterocycles. The maximum Gasteiger partial charge on any atom is 0.249 e. The van der Waals surface area contributed by atoms with Gasteiger partial charge in [-0.05, 0) is 39.0 Å². The summed E-state index contributed by atoms with van der Waals surface area (Å²) in [7, 11) is 0. The van der Waals surface area contributed by atoms with Gasteiger partial charge in [0, 0.05) is 18.5 Å². The second kappa shape index (κ2) is 9.34. The minimum atomic E-state index is -1.12. The van der Waals surface area contributed by atoms with Crippen LogP contribution in [0.2, 0.25) is 0 Å². The van der Waals surface area contributed by atoms with E-state index in [1.807, 2.05) is 13.8 Å². The first-order valence-electron chi connectivity index (χ1n) is 10.2. The summed E-state index contributed by atoms with van der Waals surface area (Å²) in [6.07, 6.45) is 4.42. The maximum atomic E-state index is 12.5. The fourth-order valence-electron chi connectivity index (χ4n) is 3.63. The topological polar surface area (TPSA) is 96.9 Å². The zero-order valence-electron chi connectivity index (χ0n) is 17.2. The average molecular weight is 385 g/mol. The summed E-state index contributed by atoms with van der Waals surface area (Å²) in [5, 5.41) is 15.7. The normalized spacial score (nSPS) is 26.2. The third-order valence-corrected chi connectivity index (χ3v) is 5.45. The predicted octanol–water partition coefficient (Wildman–Crippen LogP) is 1.73. The average Bonchev–Trinajstić information content (AvgIpc) is 2.62. The van der Waals surface area contributed by atoms with Gasteiger partial charge in [0.05, 0.1) is 6.61 Å². The van der Waals surface area contributed by atoms with Gasteiger partial charge in [-0.25, -0.2) is 0 Å². The minimum absolute atomic E-state index is 0.176. The van der Waals surface area contributed by atoms with Gasteiger partial charge in [0.15, 0.2) is 5.79 Å². The Kier molecular flexibility index (Phi) is 7.65. The van der Waals surface area contributed by atoms with Gasteiger partial charge in [0.25, 0.3) is 0 Å². The number of aliphatic hydroxyl groups is 1. The summed E-state index contributed by atoms with van der Waals surface area (Å²) >= 11 is 0. The number of carbonyl (C=O) groups excluding carboxylic acids is 2. The number of hydrogen-bond donors (Lipinski definition) is 3. The van der Waals surface area contributed by atoms with Crippen LogP contribution in [0.5, 0.6) is 0 Å². The van der Waals surface area contributed by atoms with Gasteiger partial charge in [-0.15, -0.1) is 0 Å². The highest BCUT2D eigenvalue weighted by molar-refractivity contribution is 5.82. The number of hydrogen-bond acceptors (Lipinski definition) is 5. The van der Waals surface area contributed by atoms with E-state index in [9.17, 15) is 14.7 Å². The summed E-state index contributed by atoms with van der Waals surface area (Å²) < 4.78 is 11.4. The molecule has 156 valence electrons. The van der Waals surface area contributed by atoms with Gasteiger partial charge >= 0.3 is 0 Å². The Morgan fingerprint density at radius 2 is 1.78 bits per heavy atom. The van der Waals surface area contributed by atoms with Crippen LogP contribution in [0.25, 0.3) is 0 Å². The monoisotopic (exact) mass is 384 g/mol. The quantitative estimate of drug-likeness (QED) is 0.621. The molecule has 0 radical (unpaired) electrons. The summed E-state index contributed by atoms with van der Waals surface area (Å²) in [5.74, 6) is -0.897. The van der Waals surface area contributed by atoms with Crippen LogP contribution >= 0.6 is 0 Å². The number of nitrogens with one attached hydrogen (secondary N) is 2. The van der Waals surface area contributed by atoms with Crippen LogP contribution in [-0.2, 0) is 19.1 Å². The molecule has 0 aromatic carbocycles. The van der Waals surface area contributed by atoms with Gasteiger partial charge in [-0.1, -0.05) is 33.1 Å². The smallest absolute Gasteiger partial charge is 0.249 e. The third kappa shape index (κ3) is 6.73. The Balaban J connectivity index is 1.70. The molecular weight excluding hydrogens is 348 g/mol. The van der Waals surface area contributed by atoms with Gasteiger partial charge in [-0.2, -0.15) is 0 Å². The largest absolute Gasteiger partial charge is 0.383 e. The van der Waals surface area contributed by atoms with Crippen LogP contribution in [0.4, 0.5) is 0 Å². The fourth-order valence-corrected chi connectivity index (χ4v) is 3.63. The molecule has 1 aliphatic heterocycles. The molecule has 1 aliphatic carbocycles. The zero-order chi connectivity index (χ0) is 20.1. The lowest BCUT2D eigenvalue weighted by Gasteiger charge is -2.44. The van der Waals surface area contributed by atoms with Gasteiger partial charge < -0.3 is 25.2 Å².